The summed E-state index contributed by atoms with van der Waals surface area (Å²) in [6, 6.07) is 13.2. The maximum atomic E-state index is 3.54. The van der Waals surface area contributed by atoms with Crippen LogP contribution in [0.25, 0.3) is 0 Å². The topological polar surface area (TPSA) is 20.2 Å². The summed E-state index contributed by atoms with van der Waals surface area (Å²) >= 11 is 0. The molecule has 1 heterocycles. The number of nitrogens with zero attached hydrogens (tertiary/aromatic N) is 2. The molecule has 1 atom stereocenters. The average Bonchev–Trinajstić information content (AvgIpc) is 2.81. The molecule has 0 aliphatic carbocycles. The quantitative estimate of drug-likeness (QED) is 0.857. The van der Waals surface area contributed by atoms with Crippen molar-refractivity contribution in [2.24, 2.45) is 7.05 Å². The highest BCUT2D eigenvalue weighted by molar-refractivity contribution is 5.19. The minimum Gasteiger partial charge on any atom is -0.357 e. The summed E-state index contributed by atoms with van der Waals surface area (Å²) < 4.78 is 2.08. The molecule has 0 saturated carbocycles. The Bertz CT molecular complexity index is 488. The lowest BCUT2D eigenvalue weighted by Gasteiger charge is -2.25. The zero-order valence-electron chi connectivity index (χ0n) is 12.0. The van der Waals surface area contributed by atoms with Gasteiger partial charge < -0.3 is 14.8 Å². The van der Waals surface area contributed by atoms with Crippen LogP contribution in [0.1, 0.15) is 17.2 Å². The molecule has 1 aromatic carbocycles. The van der Waals surface area contributed by atoms with E-state index in [2.05, 4.69) is 84.7 Å². The summed E-state index contributed by atoms with van der Waals surface area (Å²) in [6.07, 6.45) is 4.23. The van der Waals surface area contributed by atoms with Gasteiger partial charge in [0.1, 0.15) is 0 Å². The van der Waals surface area contributed by atoms with Gasteiger partial charge in [-0.3, -0.25) is 0 Å². The Morgan fingerprint density at radius 3 is 2.47 bits per heavy atom. The van der Waals surface area contributed by atoms with Crippen molar-refractivity contribution in [3.63, 3.8) is 0 Å². The van der Waals surface area contributed by atoms with Crippen molar-refractivity contribution in [1.82, 2.24) is 14.8 Å². The number of aryl methyl sites for hydroxylation is 1. The molecule has 0 radical (unpaired) electrons. The third-order valence-electron chi connectivity index (χ3n) is 3.37. The van der Waals surface area contributed by atoms with Crippen LogP contribution < -0.4 is 5.32 Å². The van der Waals surface area contributed by atoms with Crippen molar-refractivity contribution in [1.29, 1.82) is 0 Å². The van der Waals surface area contributed by atoms with E-state index in [1.807, 2.05) is 0 Å². The van der Waals surface area contributed by atoms with E-state index in [1.165, 1.54) is 11.1 Å². The minimum absolute atomic E-state index is 0.407. The van der Waals surface area contributed by atoms with Gasteiger partial charge in [0.05, 0.1) is 0 Å². The molecule has 2 rings (SSSR count). The molecular formula is C16H23N3. The number of hydrogen-bond donors (Lipinski definition) is 1. The third-order valence-corrected chi connectivity index (χ3v) is 3.37. The molecule has 0 aliphatic heterocycles. The van der Waals surface area contributed by atoms with Gasteiger partial charge in [0.25, 0.3) is 0 Å². The molecule has 1 aromatic heterocycles. The van der Waals surface area contributed by atoms with E-state index < -0.39 is 0 Å². The van der Waals surface area contributed by atoms with Gasteiger partial charge >= 0.3 is 0 Å². The Morgan fingerprint density at radius 1 is 1.16 bits per heavy atom. The van der Waals surface area contributed by atoms with E-state index in [-0.39, 0.29) is 0 Å². The zero-order chi connectivity index (χ0) is 13.7. The predicted octanol–water partition coefficient (Wildman–Crippen LogP) is 2.42. The first-order valence-corrected chi connectivity index (χ1v) is 6.70. The highest BCUT2D eigenvalue weighted by Gasteiger charge is 2.12. The molecule has 0 amide bonds. The highest BCUT2D eigenvalue weighted by atomic mass is 15.1. The number of nitrogens with one attached hydrogen (secondary N) is 1. The van der Waals surface area contributed by atoms with E-state index in [0.717, 1.165) is 13.1 Å². The maximum absolute atomic E-state index is 3.54. The van der Waals surface area contributed by atoms with E-state index in [1.54, 1.807) is 0 Å². The van der Waals surface area contributed by atoms with Crippen LogP contribution in [0, 0.1) is 0 Å². The molecule has 0 spiro atoms. The second-order valence-electron chi connectivity index (χ2n) is 5.21. The van der Waals surface area contributed by atoms with Gasteiger partial charge in [-0.25, -0.2) is 0 Å². The monoisotopic (exact) mass is 257 g/mol. The summed E-state index contributed by atoms with van der Waals surface area (Å²) in [7, 11) is 6.31. The molecule has 1 unspecified atom stereocenters. The number of likely N-dealkylation sites (N-methyl/N-ethyl adjacent to an activating group) is 1. The molecule has 3 heteroatoms. The summed E-state index contributed by atoms with van der Waals surface area (Å²) in [5.74, 6) is 0. The first kappa shape index (κ1) is 13.8. The number of rotatable bonds is 6. The van der Waals surface area contributed by atoms with Crippen LogP contribution in [0.3, 0.4) is 0 Å². The lowest BCUT2D eigenvalue weighted by molar-refractivity contribution is 0.288. The van der Waals surface area contributed by atoms with Crippen LogP contribution in [0.5, 0.6) is 0 Å². The van der Waals surface area contributed by atoms with Gasteiger partial charge in [-0.2, -0.15) is 0 Å². The molecule has 0 aliphatic rings. The van der Waals surface area contributed by atoms with Crippen LogP contribution in [-0.4, -0.2) is 30.1 Å². The minimum atomic E-state index is 0.407. The standard InChI is InChI=1S/C16H23N3/c1-18(2)16(15-7-5-4-6-8-15)12-17-11-14-9-10-19(3)13-14/h4-10,13,16-17H,11-12H2,1-3H3. The molecule has 0 saturated heterocycles. The van der Waals surface area contributed by atoms with Crippen molar-refractivity contribution < 1.29 is 0 Å². The van der Waals surface area contributed by atoms with Gasteiger partial charge in [-0.05, 0) is 31.3 Å². The maximum Gasteiger partial charge on any atom is 0.0466 e. The normalized spacial score (nSPS) is 12.8. The smallest absolute Gasteiger partial charge is 0.0466 e. The van der Waals surface area contributed by atoms with Gasteiger partial charge in [0.15, 0.2) is 0 Å². The third kappa shape index (κ3) is 3.94. The van der Waals surface area contributed by atoms with Crippen LogP contribution in [0.15, 0.2) is 48.8 Å². The van der Waals surface area contributed by atoms with E-state index in [4.69, 9.17) is 0 Å². The van der Waals surface area contributed by atoms with Crippen molar-refractivity contribution in [2.45, 2.75) is 12.6 Å². The molecule has 3 nitrogen and oxygen atoms in total. The lowest BCUT2D eigenvalue weighted by Crippen LogP contribution is -2.30. The van der Waals surface area contributed by atoms with Crippen LogP contribution in [0.4, 0.5) is 0 Å². The number of benzene rings is 1. The zero-order valence-corrected chi connectivity index (χ0v) is 12.0. The van der Waals surface area contributed by atoms with E-state index >= 15 is 0 Å². The molecule has 0 bridgehead atoms. The lowest BCUT2D eigenvalue weighted by atomic mass is 10.1. The molecule has 2 aromatic rings. The van der Waals surface area contributed by atoms with Gasteiger partial charge in [0, 0.05) is 38.6 Å². The summed E-state index contributed by atoms with van der Waals surface area (Å²) in [5.41, 5.74) is 2.68. The van der Waals surface area contributed by atoms with Crippen molar-refractivity contribution >= 4 is 0 Å². The second-order valence-corrected chi connectivity index (χ2v) is 5.21. The predicted molar refractivity (Wildman–Crippen MR) is 80.0 cm³/mol. The first-order valence-electron chi connectivity index (χ1n) is 6.70. The summed E-state index contributed by atoms with van der Waals surface area (Å²) in [6.45, 7) is 1.87. The number of hydrogen-bond acceptors (Lipinski definition) is 2. The van der Waals surface area contributed by atoms with Crippen molar-refractivity contribution in [2.75, 3.05) is 20.6 Å². The van der Waals surface area contributed by atoms with Crippen LogP contribution >= 0.6 is 0 Å². The Balaban J connectivity index is 1.91. The first-order chi connectivity index (χ1) is 9.16. The summed E-state index contributed by atoms with van der Waals surface area (Å²) in [5, 5.41) is 3.54. The molecule has 102 valence electrons. The highest BCUT2D eigenvalue weighted by Crippen LogP contribution is 2.16. The van der Waals surface area contributed by atoms with Crippen molar-refractivity contribution in [3.8, 4) is 0 Å². The average molecular weight is 257 g/mol. The Morgan fingerprint density at radius 2 is 1.89 bits per heavy atom. The van der Waals surface area contributed by atoms with E-state index in [9.17, 15) is 0 Å². The Hall–Kier alpha value is -1.58. The van der Waals surface area contributed by atoms with E-state index in [0.29, 0.717) is 6.04 Å². The SMILES string of the molecule is CN(C)C(CNCc1ccn(C)c1)c1ccccc1. The Kier molecular flexibility index (Phi) is 4.77. The molecule has 19 heavy (non-hydrogen) atoms. The van der Waals surface area contributed by atoms with Crippen molar-refractivity contribution in [3.05, 3.63) is 59.9 Å². The van der Waals surface area contributed by atoms with Crippen LogP contribution in [-0.2, 0) is 13.6 Å². The summed E-state index contributed by atoms with van der Waals surface area (Å²) in [4.78, 5) is 2.26. The Labute approximate surface area is 115 Å². The van der Waals surface area contributed by atoms with Gasteiger partial charge in [-0.1, -0.05) is 30.3 Å². The molecule has 1 N–H and O–H groups in total. The largest absolute Gasteiger partial charge is 0.357 e. The molecule has 0 fully saturated rings. The second kappa shape index (κ2) is 6.55. The number of aromatic nitrogens is 1. The molecular weight excluding hydrogens is 234 g/mol. The fourth-order valence-corrected chi connectivity index (χ4v) is 2.29. The fourth-order valence-electron chi connectivity index (χ4n) is 2.29. The fraction of sp³-hybridized carbons (Fsp3) is 0.375. The van der Waals surface area contributed by atoms with Gasteiger partial charge in [-0.15, -0.1) is 0 Å². The van der Waals surface area contributed by atoms with Gasteiger partial charge in [0.2, 0.25) is 0 Å². The van der Waals surface area contributed by atoms with Crippen LogP contribution in [0.2, 0.25) is 0 Å².